The van der Waals surface area contributed by atoms with Gasteiger partial charge in [-0.15, -0.1) is 0 Å². The van der Waals surface area contributed by atoms with E-state index in [1.807, 2.05) is 0 Å². The Balaban J connectivity index is 1.33. The summed E-state index contributed by atoms with van der Waals surface area (Å²) in [5.41, 5.74) is -0.365. The number of aliphatic hydroxyl groups is 1. The normalized spacial score (nSPS) is 29.7. The van der Waals surface area contributed by atoms with Crippen molar-refractivity contribution in [2.24, 2.45) is 5.41 Å². The fourth-order valence-electron chi connectivity index (χ4n) is 5.91. The van der Waals surface area contributed by atoms with Gasteiger partial charge < -0.3 is 34.7 Å². The number of rotatable bonds is 11. The highest BCUT2D eigenvalue weighted by molar-refractivity contribution is 5.94. The van der Waals surface area contributed by atoms with Gasteiger partial charge in [0.2, 0.25) is 11.8 Å². The highest BCUT2D eigenvalue weighted by atomic mass is 19.4. The molecular formula is C27H30F3N3O10. The fourth-order valence-corrected chi connectivity index (χ4v) is 5.91. The molecule has 3 aliphatic heterocycles. The van der Waals surface area contributed by atoms with Crippen molar-refractivity contribution in [2.45, 2.75) is 56.0 Å². The van der Waals surface area contributed by atoms with Crippen molar-refractivity contribution in [1.29, 1.82) is 0 Å². The second kappa shape index (κ2) is 12.6. The molecular weight excluding hydrogens is 583 g/mol. The van der Waals surface area contributed by atoms with Crippen molar-refractivity contribution in [3.8, 4) is 0 Å². The van der Waals surface area contributed by atoms with Gasteiger partial charge in [-0.3, -0.25) is 19.2 Å². The molecule has 1 saturated carbocycles. The molecule has 1 aromatic carbocycles. The number of alkyl halides is 3. The zero-order chi connectivity index (χ0) is 30.8. The first-order valence-corrected chi connectivity index (χ1v) is 13.6. The van der Waals surface area contributed by atoms with E-state index < -0.39 is 66.5 Å². The molecule has 0 radical (unpaired) electrons. The molecule has 16 heteroatoms. The van der Waals surface area contributed by atoms with Gasteiger partial charge in [-0.2, -0.15) is 18.2 Å². The number of hydroxylamine groups is 2. The number of nitrogens with one attached hydrogen (secondary N) is 2. The number of carbonyl (C=O) groups is 4. The van der Waals surface area contributed by atoms with Gasteiger partial charge in [-0.05, 0) is 17.2 Å². The molecule has 5 rings (SSSR count). The molecule has 2 bridgehead atoms. The van der Waals surface area contributed by atoms with E-state index >= 15 is 0 Å². The zero-order valence-electron chi connectivity index (χ0n) is 22.7. The standard InChI is InChI=1S/C27H30F3N3O10/c28-27(29,30)13-39-19(36)5-4-15-2-1-3-16(10-15)12-33-22-24(37)42-17-11-26(22,23(43-33)21-20(17)40-14-41-21)25(38)32-7-6-18(35)31-8-9-34/h1-5,10,17,20-23,34H,6-9,11-14H2,(H,31,35)(H,32,38)/t17-,20+,21+,22+,23-,26+/m1/s1. The average Bonchev–Trinajstić information content (AvgIpc) is 3.58. The largest absolute Gasteiger partial charge is 0.458 e. The van der Waals surface area contributed by atoms with Crippen LogP contribution < -0.4 is 10.6 Å². The van der Waals surface area contributed by atoms with Crippen molar-refractivity contribution in [3.05, 3.63) is 41.5 Å². The van der Waals surface area contributed by atoms with Crippen LogP contribution in [0.1, 0.15) is 24.0 Å². The molecule has 0 aromatic heterocycles. The lowest BCUT2D eigenvalue weighted by Crippen LogP contribution is -2.69. The number of carbonyl (C=O) groups excluding carboxylic acids is 4. The Morgan fingerprint density at radius 3 is 2.72 bits per heavy atom. The summed E-state index contributed by atoms with van der Waals surface area (Å²) in [7, 11) is 0. The number of nitrogens with zero attached hydrogens (tertiary/aromatic N) is 1. The van der Waals surface area contributed by atoms with Crippen molar-refractivity contribution < 1.29 is 61.2 Å². The molecule has 3 saturated heterocycles. The van der Waals surface area contributed by atoms with Gasteiger partial charge >= 0.3 is 18.1 Å². The van der Waals surface area contributed by atoms with E-state index in [4.69, 9.17) is 24.2 Å². The minimum absolute atomic E-state index is 0.00201. The summed E-state index contributed by atoms with van der Waals surface area (Å²) >= 11 is 0. The molecule has 3 heterocycles. The van der Waals surface area contributed by atoms with E-state index in [0.717, 1.165) is 6.08 Å². The molecule has 1 aromatic rings. The first-order valence-electron chi connectivity index (χ1n) is 13.6. The van der Waals surface area contributed by atoms with Crippen LogP contribution >= 0.6 is 0 Å². The smallest absolute Gasteiger partial charge is 0.422 e. The minimum atomic E-state index is -4.64. The number of ether oxygens (including phenoxy) is 4. The lowest BCUT2D eigenvalue weighted by atomic mass is 9.62. The lowest BCUT2D eigenvalue weighted by Gasteiger charge is -2.48. The molecule has 4 fully saturated rings. The Labute approximate surface area is 243 Å². The van der Waals surface area contributed by atoms with Crippen molar-refractivity contribution in [3.63, 3.8) is 0 Å². The van der Waals surface area contributed by atoms with Gasteiger partial charge in [-0.25, -0.2) is 4.79 Å². The van der Waals surface area contributed by atoms with Crippen LogP contribution in [0.5, 0.6) is 0 Å². The Hall–Kier alpha value is -3.57. The topological polar surface area (TPSA) is 162 Å². The van der Waals surface area contributed by atoms with Gasteiger partial charge in [0, 0.05) is 32.0 Å². The van der Waals surface area contributed by atoms with Crippen LogP contribution in [-0.2, 0) is 49.5 Å². The van der Waals surface area contributed by atoms with E-state index in [1.54, 1.807) is 24.3 Å². The summed E-state index contributed by atoms with van der Waals surface area (Å²) in [6.45, 7) is -1.95. The Morgan fingerprint density at radius 1 is 1.16 bits per heavy atom. The molecule has 1 aliphatic carbocycles. The number of fused-ring (bicyclic) bond motifs is 4. The Morgan fingerprint density at radius 2 is 1.95 bits per heavy atom. The van der Waals surface area contributed by atoms with Crippen molar-refractivity contribution >= 4 is 29.8 Å². The van der Waals surface area contributed by atoms with Crippen LogP contribution in [0.2, 0.25) is 0 Å². The predicted octanol–water partition coefficient (Wildman–Crippen LogP) is -0.0385. The van der Waals surface area contributed by atoms with Gasteiger partial charge in [0.15, 0.2) is 12.6 Å². The molecule has 3 N–H and O–H groups in total. The van der Waals surface area contributed by atoms with Gasteiger partial charge in [0.1, 0.15) is 36.6 Å². The summed E-state index contributed by atoms with van der Waals surface area (Å²) < 4.78 is 58.2. The third kappa shape index (κ3) is 6.52. The number of hydrogen-bond donors (Lipinski definition) is 3. The zero-order valence-corrected chi connectivity index (χ0v) is 22.7. The maximum atomic E-state index is 13.8. The highest BCUT2D eigenvalue weighted by Crippen LogP contribution is 2.55. The van der Waals surface area contributed by atoms with Gasteiger partial charge in [0.25, 0.3) is 0 Å². The first-order chi connectivity index (χ1) is 20.5. The summed E-state index contributed by atoms with van der Waals surface area (Å²) in [5, 5.41) is 15.5. The number of esters is 2. The molecule has 234 valence electrons. The van der Waals surface area contributed by atoms with Crippen molar-refractivity contribution in [1.82, 2.24) is 15.7 Å². The molecule has 13 nitrogen and oxygen atoms in total. The van der Waals surface area contributed by atoms with E-state index in [1.165, 1.54) is 11.1 Å². The van der Waals surface area contributed by atoms with E-state index in [0.29, 0.717) is 11.1 Å². The maximum absolute atomic E-state index is 13.8. The fraction of sp³-hybridized carbons (Fsp3) is 0.556. The number of hydrogen-bond acceptors (Lipinski definition) is 11. The Kier molecular flexibility index (Phi) is 9.03. The van der Waals surface area contributed by atoms with Gasteiger partial charge in [-0.1, -0.05) is 24.3 Å². The van der Waals surface area contributed by atoms with Gasteiger partial charge in [0.05, 0.1) is 13.2 Å². The van der Waals surface area contributed by atoms with Crippen molar-refractivity contribution in [2.75, 3.05) is 33.1 Å². The SMILES string of the molecule is O=C(CCNC(=O)[C@@]12C[C@H]3OC(=O)[C@@H]1N(Cc1cccc(C=CC(=O)OCC(F)(F)F)c1)O[C@@H]2[C@H]1OCO[C@H]13)NCCO. The monoisotopic (exact) mass is 613 g/mol. The average molecular weight is 614 g/mol. The minimum Gasteiger partial charge on any atom is -0.458 e. The predicted molar refractivity (Wildman–Crippen MR) is 136 cm³/mol. The van der Waals surface area contributed by atoms with E-state index in [2.05, 4.69) is 15.4 Å². The molecule has 0 spiro atoms. The van der Waals surface area contributed by atoms with Crippen LogP contribution in [0, 0.1) is 5.41 Å². The number of aliphatic hydroxyl groups excluding tert-OH is 1. The maximum Gasteiger partial charge on any atom is 0.422 e. The second-order valence-electron chi connectivity index (χ2n) is 10.5. The van der Waals surface area contributed by atoms with E-state index in [-0.39, 0.29) is 51.8 Å². The van der Waals surface area contributed by atoms with Crippen LogP contribution in [0.4, 0.5) is 13.2 Å². The molecule has 6 atom stereocenters. The molecule has 43 heavy (non-hydrogen) atoms. The third-order valence-corrected chi connectivity index (χ3v) is 7.65. The quantitative estimate of drug-likeness (QED) is 0.227. The lowest BCUT2D eigenvalue weighted by molar-refractivity contribution is -0.201. The summed E-state index contributed by atoms with van der Waals surface area (Å²) in [5.74, 6) is -2.73. The van der Waals surface area contributed by atoms with Crippen LogP contribution in [-0.4, -0.2) is 104 Å². The number of halogens is 3. The summed E-state index contributed by atoms with van der Waals surface area (Å²) in [6, 6.07) is 5.42. The number of benzene rings is 1. The molecule has 4 aliphatic rings. The summed E-state index contributed by atoms with van der Waals surface area (Å²) in [6.07, 6.45) is -5.46. The summed E-state index contributed by atoms with van der Waals surface area (Å²) in [4.78, 5) is 57.1. The number of amides is 2. The van der Waals surface area contributed by atoms with E-state index in [9.17, 15) is 32.3 Å². The third-order valence-electron chi connectivity index (χ3n) is 7.65. The van der Waals surface area contributed by atoms with Crippen LogP contribution in [0.25, 0.3) is 6.08 Å². The molecule has 2 amide bonds. The van der Waals surface area contributed by atoms with Crippen LogP contribution in [0.3, 0.4) is 0 Å². The Bertz CT molecular complexity index is 1280. The van der Waals surface area contributed by atoms with Crippen LogP contribution in [0.15, 0.2) is 30.3 Å². The first kappa shape index (κ1) is 30.9. The second-order valence-corrected chi connectivity index (χ2v) is 10.5. The highest BCUT2D eigenvalue weighted by Gasteiger charge is 2.74. The molecule has 0 unspecified atom stereocenters.